The monoisotopic (exact) mass is 275 g/mol. The third-order valence-corrected chi connectivity index (χ3v) is 2.66. The molecule has 0 fully saturated rings. The number of nitro groups is 1. The van der Waals surface area contributed by atoms with E-state index in [1.165, 1.54) is 6.07 Å². The molecule has 1 aromatic heterocycles. The van der Waals surface area contributed by atoms with Crippen LogP contribution in [0.15, 0.2) is 36.5 Å². The van der Waals surface area contributed by atoms with Crippen LogP contribution in [0.2, 0.25) is 0 Å². The molecule has 2 rings (SSSR count). The maximum atomic E-state index is 13.4. The average Bonchev–Trinajstić information content (AvgIpc) is 2.40. The number of aromatic nitrogens is 1. The molecule has 7 heteroatoms. The van der Waals surface area contributed by atoms with Crippen LogP contribution in [0.5, 0.6) is 0 Å². The molecule has 0 saturated heterocycles. The van der Waals surface area contributed by atoms with E-state index in [1.54, 1.807) is 25.3 Å². The average molecular weight is 275 g/mol. The summed E-state index contributed by atoms with van der Waals surface area (Å²) in [7, 11) is 0. The van der Waals surface area contributed by atoms with Gasteiger partial charge in [-0.1, -0.05) is 0 Å². The summed E-state index contributed by atoms with van der Waals surface area (Å²) in [6.45, 7) is 1.71. The topological polar surface area (TPSA) is 85.1 Å². The smallest absolute Gasteiger partial charge is 0.304 e. The number of nitrogens with one attached hydrogen (secondary N) is 1. The van der Waals surface area contributed by atoms with Gasteiger partial charge in [-0.15, -0.1) is 0 Å². The van der Waals surface area contributed by atoms with E-state index in [1.807, 2.05) is 0 Å². The third kappa shape index (κ3) is 2.77. The summed E-state index contributed by atoms with van der Waals surface area (Å²) in [5, 5.41) is 13.1. The molecule has 0 aliphatic carbocycles. The van der Waals surface area contributed by atoms with E-state index < -0.39 is 22.3 Å². The minimum absolute atomic E-state index is 0.00338. The van der Waals surface area contributed by atoms with Crippen LogP contribution in [0, 0.1) is 22.9 Å². The Morgan fingerprint density at radius 3 is 2.75 bits per heavy atom. The molecule has 1 heterocycles. The minimum atomic E-state index is -1.05. The van der Waals surface area contributed by atoms with E-state index in [0.29, 0.717) is 11.4 Å². The number of nitrogens with zero attached hydrogens (tertiary/aromatic N) is 2. The predicted molar refractivity (Wildman–Crippen MR) is 70.0 cm³/mol. The molecule has 6 nitrogen and oxygen atoms in total. The van der Waals surface area contributed by atoms with Crippen LogP contribution in [-0.4, -0.2) is 15.8 Å². The molecule has 2 aromatic rings. The zero-order chi connectivity index (χ0) is 14.7. The van der Waals surface area contributed by atoms with Crippen molar-refractivity contribution >= 4 is 17.3 Å². The van der Waals surface area contributed by atoms with Crippen LogP contribution in [0.1, 0.15) is 16.1 Å². The van der Waals surface area contributed by atoms with Crippen LogP contribution in [0.4, 0.5) is 15.8 Å². The molecular formula is C13H10FN3O3. The summed E-state index contributed by atoms with van der Waals surface area (Å²) in [6, 6.07) is 6.29. The van der Waals surface area contributed by atoms with E-state index in [4.69, 9.17) is 0 Å². The number of rotatable bonds is 3. The van der Waals surface area contributed by atoms with Crippen molar-refractivity contribution in [1.82, 2.24) is 4.98 Å². The zero-order valence-electron chi connectivity index (χ0n) is 10.5. The van der Waals surface area contributed by atoms with Crippen molar-refractivity contribution in [2.45, 2.75) is 6.92 Å². The number of carbonyl (C=O) groups is 1. The largest absolute Gasteiger partial charge is 0.320 e. The molecule has 0 unspecified atom stereocenters. The fourth-order valence-electron chi connectivity index (χ4n) is 1.61. The lowest BCUT2D eigenvalue weighted by Crippen LogP contribution is -2.13. The number of anilines is 1. The lowest BCUT2D eigenvalue weighted by Gasteiger charge is -2.07. The van der Waals surface area contributed by atoms with Crippen molar-refractivity contribution < 1.29 is 14.1 Å². The number of hydrogen-bond donors (Lipinski definition) is 1. The lowest BCUT2D eigenvalue weighted by molar-refractivity contribution is -0.387. The Kier molecular flexibility index (Phi) is 3.69. The number of hydrogen-bond acceptors (Lipinski definition) is 4. The second-order valence-electron chi connectivity index (χ2n) is 4.01. The molecule has 1 N–H and O–H groups in total. The molecular weight excluding hydrogens is 265 g/mol. The molecule has 0 radical (unpaired) electrons. The normalized spacial score (nSPS) is 10.1. The van der Waals surface area contributed by atoms with E-state index in [-0.39, 0.29) is 5.56 Å². The van der Waals surface area contributed by atoms with E-state index >= 15 is 0 Å². The van der Waals surface area contributed by atoms with E-state index in [0.717, 1.165) is 12.1 Å². The molecule has 0 bridgehead atoms. The molecule has 0 atom stereocenters. The van der Waals surface area contributed by atoms with Gasteiger partial charge in [0.15, 0.2) is 0 Å². The van der Waals surface area contributed by atoms with Crippen molar-refractivity contribution in [3.05, 3.63) is 63.7 Å². The van der Waals surface area contributed by atoms with Gasteiger partial charge in [0.1, 0.15) is 0 Å². The summed E-state index contributed by atoms with van der Waals surface area (Å²) < 4.78 is 13.4. The third-order valence-electron chi connectivity index (χ3n) is 2.66. The summed E-state index contributed by atoms with van der Waals surface area (Å²) in [5.74, 6) is -1.61. The van der Waals surface area contributed by atoms with Crippen LogP contribution in [-0.2, 0) is 0 Å². The zero-order valence-corrected chi connectivity index (χ0v) is 10.5. The van der Waals surface area contributed by atoms with Gasteiger partial charge >= 0.3 is 5.69 Å². The molecule has 1 amide bonds. The van der Waals surface area contributed by atoms with Gasteiger partial charge in [0.05, 0.1) is 16.3 Å². The standard InChI is InChI=1S/C13H10FN3O3/c1-8-11(3-2-6-15-8)16-13(18)9-4-5-12(17(19)20)10(14)7-9/h2-7H,1H3,(H,16,18). The van der Waals surface area contributed by atoms with Gasteiger partial charge in [-0.25, -0.2) is 0 Å². The maximum Gasteiger partial charge on any atom is 0.304 e. The van der Waals surface area contributed by atoms with E-state index in [9.17, 15) is 19.3 Å². The van der Waals surface area contributed by atoms with Crippen molar-refractivity contribution in [3.63, 3.8) is 0 Å². The fourth-order valence-corrected chi connectivity index (χ4v) is 1.61. The van der Waals surface area contributed by atoms with Gasteiger partial charge in [-0.05, 0) is 31.2 Å². The van der Waals surface area contributed by atoms with Crippen molar-refractivity contribution in [2.75, 3.05) is 5.32 Å². The number of pyridine rings is 1. The van der Waals surface area contributed by atoms with Gasteiger partial charge in [-0.2, -0.15) is 4.39 Å². The predicted octanol–water partition coefficient (Wildman–Crippen LogP) is 2.69. The van der Waals surface area contributed by atoms with Crippen LogP contribution >= 0.6 is 0 Å². The highest BCUT2D eigenvalue weighted by atomic mass is 19.1. The first-order valence-corrected chi connectivity index (χ1v) is 5.66. The van der Waals surface area contributed by atoms with Gasteiger partial charge in [0.25, 0.3) is 5.91 Å². The Labute approximate surface area is 113 Å². The SMILES string of the molecule is Cc1ncccc1NC(=O)c1ccc([N+](=O)[O-])c(F)c1. The fraction of sp³-hybridized carbons (Fsp3) is 0.0769. The number of aryl methyl sites for hydroxylation is 1. The molecule has 1 aromatic carbocycles. The first-order chi connectivity index (χ1) is 9.49. The van der Waals surface area contributed by atoms with Gasteiger partial charge < -0.3 is 5.32 Å². The molecule has 0 aliphatic heterocycles. The number of amides is 1. The Morgan fingerprint density at radius 1 is 1.40 bits per heavy atom. The summed E-state index contributed by atoms with van der Waals surface area (Å²) >= 11 is 0. The number of nitro benzene ring substituents is 1. The molecule has 0 aliphatic rings. The Bertz CT molecular complexity index is 688. The Balaban J connectivity index is 2.24. The van der Waals surface area contributed by atoms with Gasteiger partial charge in [-0.3, -0.25) is 19.9 Å². The maximum absolute atomic E-state index is 13.4. The van der Waals surface area contributed by atoms with Crippen molar-refractivity contribution in [2.24, 2.45) is 0 Å². The first-order valence-electron chi connectivity index (χ1n) is 5.66. The van der Waals surface area contributed by atoms with Crippen molar-refractivity contribution in [1.29, 1.82) is 0 Å². The first kappa shape index (κ1) is 13.6. The molecule has 20 heavy (non-hydrogen) atoms. The molecule has 102 valence electrons. The highest BCUT2D eigenvalue weighted by molar-refractivity contribution is 6.04. The Hall–Kier alpha value is -2.83. The molecule has 0 spiro atoms. The van der Waals surface area contributed by atoms with Gasteiger partial charge in [0, 0.05) is 17.8 Å². The second kappa shape index (κ2) is 5.43. The van der Waals surface area contributed by atoms with Gasteiger partial charge in [0.2, 0.25) is 5.82 Å². The van der Waals surface area contributed by atoms with Crippen LogP contribution < -0.4 is 5.32 Å². The minimum Gasteiger partial charge on any atom is -0.320 e. The number of benzene rings is 1. The molecule has 0 saturated carbocycles. The summed E-state index contributed by atoms with van der Waals surface area (Å²) in [6.07, 6.45) is 1.58. The highest BCUT2D eigenvalue weighted by Crippen LogP contribution is 2.19. The number of carbonyl (C=O) groups excluding carboxylic acids is 1. The van der Waals surface area contributed by atoms with Crippen molar-refractivity contribution in [3.8, 4) is 0 Å². The van der Waals surface area contributed by atoms with Crippen LogP contribution in [0.25, 0.3) is 0 Å². The lowest BCUT2D eigenvalue weighted by atomic mass is 10.1. The summed E-state index contributed by atoms with van der Waals surface area (Å²) in [4.78, 5) is 25.6. The summed E-state index contributed by atoms with van der Waals surface area (Å²) in [5.41, 5.74) is 0.440. The Morgan fingerprint density at radius 2 is 2.15 bits per heavy atom. The second-order valence-corrected chi connectivity index (χ2v) is 4.01. The number of halogens is 1. The highest BCUT2D eigenvalue weighted by Gasteiger charge is 2.17. The quantitative estimate of drug-likeness (QED) is 0.689. The van der Waals surface area contributed by atoms with Crippen LogP contribution in [0.3, 0.4) is 0 Å². The van der Waals surface area contributed by atoms with E-state index in [2.05, 4.69) is 10.3 Å².